The lowest BCUT2D eigenvalue weighted by molar-refractivity contribution is -0.138. The molecule has 0 aliphatic heterocycles. The monoisotopic (exact) mass is 316 g/mol. The van der Waals surface area contributed by atoms with Crippen LogP contribution >= 0.6 is 0 Å². The van der Waals surface area contributed by atoms with E-state index >= 15 is 0 Å². The zero-order valence-corrected chi connectivity index (χ0v) is 12.6. The molecule has 1 atom stereocenters. The number of hydrogen-bond donors (Lipinski definition) is 3. The van der Waals surface area contributed by atoms with Crippen LogP contribution in [-0.2, 0) is 19.2 Å². The average Bonchev–Trinajstić information content (AvgIpc) is 2.42. The second-order valence-corrected chi connectivity index (χ2v) is 4.90. The molecule has 0 aromatic heterocycles. The van der Waals surface area contributed by atoms with E-state index in [-0.39, 0.29) is 37.9 Å². The van der Waals surface area contributed by atoms with Crippen LogP contribution in [0.2, 0.25) is 0 Å². The van der Waals surface area contributed by atoms with Gasteiger partial charge in [0.25, 0.3) is 0 Å². The van der Waals surface area contributed by atoms with Crippen LogP contribution in [0.4, 0.5) is 0 Å². The molecule has 0 unspecified atom stereocenters. The number of aliphatic carboxylic acids is 1. The number of amides is 2. The lowest BCUT2D eigenvalue weighted by Crippen LogP contribution is -2.44. The molecule has 0 bridgehead atoms. The molecule has 0 aliphatic rings. The van der Waals surface area contributed by atoms with Gasteiger partial charge in [-0.15, -0.1) is 0 Å². The molecule has 0 aromatic rings. The van der Waals surface area contributed by atoms with Crippen molar-refractivity contribution in [1.29, 1.82) is 0 Å². The Bertz CT molecular complexity index is 382. The van der Waals surface area contributed by atoms with Crippen molar-refractivity contribution in [2.24, 2.45) is 0 Å². The smallest absolute Gasteiger partial charge is 0.303 e. The molecule has 0 heterocycles. The summed E-state index contributed by atoms with van der Waals surface area (Å²) in [5, 5.41) is 13.5. The Labute approximate surface area is 131 Å². The Hall–Kier alpha value is -1.92. The van der Waals surface area contributed by atoms with Gasteiger partial charge in [0.05, 0.1) is 6.42 Å². The number of likely N-dealkylation sites (N-methyl/N-ethyl adjacent to an activating group) is 1. The van der Waals surface area contributed by atoms with Crippen molar-refractivity contribution in [3.05, 3.63) is 0 Å². The van der Waals surface area contributed by atoms with Crippen LogP contribution in [0.25, 0.3) is 0 Å². The third-order valence-corrected chi connectivity index (χ3v) is 3.01. The lowest BCUT2D eigenvalue weighted by Gasteiger charge is -2.15. The van der Waals surface area contributed by atoms with E-state index in [2.05, 4.69) is 10.6 Å². The Morgan fingerprint density at radius 3 is 2.14 bits per heavy atom. The number of Topliss-reactive ketones (excluding diaryl/α,β-unsaturated/α-hetero) is 1. The van der Waals surface area contributed by atoms with Crippen molar-refractivity contribution < 1.29 is 24.3 Å². The highest BCUT2D eigenvalue weighted by molar-refractivity contribution is 5.86. The number of carboxylic acid groups (broad SMARTS) is 1. The van der Waals surface area contributed by atoms with E-state index < -0.39 is 12.0 Å². The fourth-order valence-electron chi connectivity index (χ4n) is 1.91. The molecule has 0 rings (SSSR count). The van der Waals surface area contributed by atoms with Gasteiger partial charge < -0.3 is 15.7 Å². The van der Waals surface area contributed by atoms with Crippen LogP contribution in [0.3, 0.4) is 0 Å². The quantitative estimate of drug-likeness (QED) is 0.497. The van der Waals surface area contributed by atoms with Crippen molar-refractivity contribution in [1.82, 2.24) is 10.6 Å². The second kappa shape index (κ2) is 12.8. The standard InChI is InChI=1S/C14H24N2O5.CH4/c1-10(17)16-12(14(21)15-2)7-5-3-4-6-11(18)8-9-13(19)20;/h12H,3-9H2,1-2H3,(H,15,21)(H,16,17)(H,19,20);1H4/t12-;/m0./s1. The molecule has 0 saturated carbocycles. The fourth-order valence-corrected chi connectivity index (χ4v) is 1.91. The molecule has 0 aromatic carbocycles. The maximum absolute atomic E-state index is 11.5. The number of carbonyl (C=O) groups is 4. The van der Waals surface area contributed by atoms with Gasteiger partial charge in [-0.05, 0) is 12.8 Å². The Morgan fingerprint density at radius 1 is 1.00 bits per heavy atom. The number of rotatable bonds is 11. The molecule has 0 aliphatic carbocycles. The van der Waals surface area contributed by atoms with Gasteiger partial charge in [-0.1, -0.05) is 20.3 Å². The predicted octanol–water partition coefficient (Wildman–Crippen LogP) is 1.26. The van der Waals surface area contributed by atoms with Crippen molar-refractivity contribution in [2.45, 2.75) is 65.3 Å². The van der Waals surface area contributed by atoms with Crippen LogP contribution in [0.5, 0.6) is 0 Å². The van der Waals surface area contributed by atoms with Crippen LogP contribution in [0.1, 0.15) is 59.3 Å². The number of ketones is 1. The van der Waals surface area contributed by atoms with Crippen molar-refractivity contribution in [3.8, 4) is 0 Å². The molecule has 3 N–H and O–H groups in total. The van der Waals surface area contributed by atoms with Crippen LogP contribution in [0, 0.1) is 0 Å². The summed E-state index contributed by atoms with van der Waals surface area (Å²) >= 11 is 0. The Morgan fingerprint density at radius 2 is 1.64 bits per heavy atom. The SMILES string of the molecule is C.CNC(=O)[C@H](CCCCCC(=O)CCC(=O)O)NC(C)=O. The molecular weight excluding hydrogens is 288 g/mol. The van der Waals surface area contributed by atoms with Gasteiger partial charge in [-0.3, -0.25) is 19.2 Å². The third kappa shape index (κ3) is 11.9. The van der Waals surface area contributed by atoms with E-state index in [1.807, 2.05) is 0 Å². The van der Waals surface area contributed by atoms with Gasteiger partial charge in [0.15, 0.2) is 0 Å². The number of unbranched alkanes of at least 4 members (excludes halogenated alkanes) is 2. The summed E-state index contributed by atoms with van der Waals surface area (Å²) < 4.78 is 0. The van der Waals surface area contributed by atoms with Gasteiger partial charge in [-0.25, -0.2) is 0 Å². The predicted molar refractivity (Wildman–Crippen MR) is 83.4 cm³/mol. The molecular formula is C15H28N2O5. The van der Waals surface area contributed by atoms with E-state index in [9.17, 15) is 19.2 Å². The molecule has 2 amide bonds. The molecule has 0 spiro atoms. The van der Waals surface area contributed by atoms with Gasteiger partial charge in [0, 0.05) is 26.8 Å². The highest BCUT2D eigenvalue weighted by Crippen LogP contribution is 2.08. The lowest BCUT2D eigenvalue weighted by atomic mass is 10.0. The molecule has 128 valence electrons. The first-order valence-electron chi connectivity index (χ1n) is 7.09. The molecule has 0 radical (unpaired) electrons. The summed E-state index contributed by atoms with van der Waals surface area (Å²) in [5.41, 5.74) is 0. The van der Waals surface area contributed by atoms with E-state index in [0.29, 0.717) is 25.7 Å². The molecule has 7 heteroatoms. The van der Waals surface area contributed by atoms with Crippen LogP contribution in [-0.4, -0.2) is 41.8 Å². The maximum atomic E-state index is 11.5. The highest BCUT2D eigenvalue weighted by atomic mass is 16.4. The number of carbonyl (C=O) groups excluding carboxylic acids is 3. The Kier molecular flexibility index (Phi) is 13.0. The maximum Gasteiger partial charge on any atom is 0.303 e. The minimum absolute atomic E-state index is 0. The molecule has 22 heavy (non-hydrogen) atoms. The minimum atomic E-state index is -0.966. The minimum Gasteiger partial charge on any atom is -0.481 e. The molecule has 0 fully saturated rings. The van der Waals surface area contributed by atoms with Crippen molar-refractivity contribution in [2.75, 3.05) is 7.05 Å². The van der Waals surface area contributed by atoms with E-state index in [0.717, 1.165) is 6.42 Å². The van der Waals surface area contributed by atoms with Crippen molar-refractivity contribution in [3.63, 3.8) is 0 Å². The summed E-state index contributed by atoms with van der Waals surface area (Å²) in [6.07, 6.45) is 2.96. The fraction of sp³-hybridized carbons (Fsp3) is 0.733. The van der Waals surface area contributed by atoms with Gasteiger partial charge >= 0.3 is 5.97 Å². The first kappa shape index (κ1) is 22.4. The van der Waals surface area contributed by atoms with E-state index in [1.165, 1.54) is 14.0 Å². The normalized spacial score (nSPS) is 11.0. The summed E-state index contributed by atoms with van der Waals surface area (Å²) in [5.74, 6) is -1.51. The molecule has 7 nitrogen and oxygen atoms in total. The number of hydrogen-bond acceptors (Lipinski definition) is 4. The number of carboxylic acids is 1. The van der Waals surface area contributed by atoms with E-state index in [4.69, 9.17) is 5.11 Å². The summed E-state index contributed by atoms with van der Waals surface area (Å²) in [6.45, 7) is 1.36. The highest BCUT2D eigenvalue weighted by Gasteiger charge is 2.17. The average molecular weight is 316 g/mol. The zero-order valence-electron chi connectivity index (χ0n) is 12.6. The first-order valence-corrected chi connectivity index (χ1v) is 7.09. The van der Waals surface area contributed by atoms with Crippen LogP contribution < -0.4 is 10.6 Å². The first-order chi connectivity index (χ1) is 9.86. The third-order valence-electron chi connectivity index (χ3n) is 3.01. The summed E-state index contributed by atoms with van der Waals surface area (Å²) in [7, 11) is 1.51. The van der Waals surface area contributed by atoms with Crippen LogP contribution in [0.15, 0.2) is 0 Å². The summed E-state index contributed by atoms with van der Waals surface area (Å²) in [4.78, 5) is 44.2. The van der Waals surface area contributed by atoms with Gasteiger partial charge in [-0.2, -0.15) is 0 Å². The van der Waals surface area contributed by atoms with Crippen molar-refractivity contribution >= 4 is 23.6 Å². The summed E-state index contributed by atoms with van der Waals surface area (Å²) in [6, 6.07) is -0.546. The molecule has 0 saturated heterocycles. The number of nitrogens with one attached hydrogen (secondary N) is 2. The van der Waals surface area contributed by atoms with E-state index in [1.54, 1.807) is 0 Å². The Balaban J connectivity index is 0. The second-order valence-electron chi connectivity index (χ2n) is 4.90. The largest absolute Gasteiger partial charge is 0.481 e. The van der Waals surface area contributed by atoms with Gasteiger partial charge in [0.2, 0.25) is 11.8 Å². The van der Waals surface area contributed by atoms with Gasteiger partial charge in [0.1, 0.15) is 11.8 Å². The zero-order chi connectivity index (χ0) is 16.3. The topological polar surface area (TPSA) is 113 Å².